The van der Waals surface area contributed by atoms with Gasteiger partial charge in [0.2, 0.25) is 0 Å². The fourth-order valence-electron chi connectivity index (χ4n) is 2.42. The number of amides is 1. The van der Waals surface area contributed by atoms with Crippen LogP contribution in [0.1, 0.15) is 26.3 Å². The molecule has 0 bridgehead atoms. The zero-order valence-electron chi connectivity index (χ0n) is 15.5. The van der Waals surface area contributed by atoms with Crippen LogP contribution in [0.3, 0.4) is 0 Å². The summed E-state index contributed by atoms with van der Waals surface area (Å²) in [4.78, 5) is 24.4. The SMILES string of the molecule is COc1ccc(/C=N\NC(=O)c2ccc(Cl)cc2)cc1OC(=O)c1ccccc1. The molecule has 0 heterocycles. The Morgan fingerprint density at radius 2 is 1.66 bits per heavy atom. The van der Waals surface area contributed by atoms with Crippen LogP contribution in [0.25, 0.3) is 0 Å². The van der Waals surface area contributed by atoms with Crippen molar-refractivity contribution < 1.29 is 19.1 Å². The van der Waals surface area contributed by atoms with Crippen LogP contribution in [-0.4, -0.2) is 25.2 Å². The number of rotatable bonds is 6. The summed E-state index contributed by atoms with van der Waals surface area (Å²) in [6.07, 6.45) is 1.44. The number of esters is 1. The molecule has 3 aromatic carbocycles. The Morgan fingerprint density at radius 1 is 0.931 bits per heavy atom. The highest BCUT2D eigenvalue weighted by Gasteiger charge is 2.12. The van der Waals surface area contributed by atoms with Crippen LogP contribution >= 0.6 is 11.6 Å². The van der Waals surface area contributed by atoms with Gasteiger partial charge in [0.1, 0.15) is 0 Å². The zero-order chi connectivity index (χ0) is 20.6. The first-order valence-electron chi connectivity index (χ1n) is 8.61. The van der Waals surface area contributed by atoms with E-state index in [1.807, 2.05) is 6.07 Å². The van der Waals surface area contributed by atoms with Gasteiger partial charge in [-0.05, 0) is 60.2 Å². The minimum Gasteiger partial charge on any atom is -0.493 e. The molecular weight excluding hydrogens is 392 g/mol. The fraction of sp³-hybridized carbons (Fsp3) is 0.0455. The van der Waals surface area contributed by atoms with Gasteiger partial charge in [-0.1, -0.05) is 29.8 Å². The van der Waals surface area contributed by atoms with Crippen LogP contribution in [0.4, 0.5) is 0 Å². The van der Waals surface area contributed by atoms with Gasteiger partial charge < -0.3 is 9.47 Å². The Balaban J connectivity index is 1.70. The highest BCUT2D eigenvalue weighted by molar-refractivity contribution is 6.30. The van der Waals surface area contributed by atoms with Crippen molar-refractivity contribution >= 4 is 29.7 Å². The van der Waals surface area contributed by atoms with Crippen LogP contribution in [0.2, 0.25) is 5.02 Å². The van der Waals surface area contributed by atoms with Crippen molar-refractivity contribution in [1.82, 2.24) is 5.43 Å². The van der Waals surface area contributed by atoms with Crippen molar-refractivity contribution in [2.75, 3.05) is 7.11 Å². The van der Waals surface area contributed by atoms with Crippen LogP contribution in [0.15, 0.2) is 77.9 Å². The molecule has 0 aliphatic heterocycles. The molecule has 0 aromatic heterocycles. The van der Waals surface area contributed by atoms with E-state index in [2.05, 4.69) is 10.5 Å². The molecule has 6 nitrogen and oxygen atoms in total. The van der Waals surface area contributed by atoms with E-state index in [0.717, 1.165) is 0 Å². The predicted molar refractivity (Wildman–Crippen MR) is 111 cm³/mol. The highest BCUT2D eigenvalue weighted by atomic mass is 35.5. The van der Waals surface area contributed by atoms with E-state index in [-0.39, 0.29) is 11.7 Å². The Kier molecular flexibility index (Phi) is 6.60. The van der Waals surface area contributed by atoms with E-state index in [1.54, 1.807) is 66.7 Å². The van der Waals surface area contributed by atoms with Crippen molar-refractivity contribution in [3.63, 3.8) is 0 Å². The third kappa shape index (κ3) is 5.43. The third-order valence-electron chi connectivity index (χ3n) is 3.89. The summed E-state index contributed by atoms with van der Waals surface area (Å²) in [6.45, 7) is 0. The Hall–Kier alpha value is -3.64. The first kappa shape index (κ1) is 20.1. The lowest BCUT2D eigenvalue weighted by Crippen LogP contribution is -2.17. The van der Waals surface area contributed by atoms with Gasteiger partial charge in [0.15, 0.2) is 11.5 Å². The standard InChI is InChI=1S/C22H17ClN2O4/c1-28-19-12-7-15(13-20(19)29-22(27)17-5-3-2-4-6-17)14-24-25-21(26)16-8-10-18(23)11-9-16/h2-14H,1H3,(H,25,26)/b24-14-. The van der Waals surface area contributed by atoms with Crippen LogP contribution < -0.4 is 14.9 Å². The molecule has 0 atom stereocenters. The second-order valence-electron chi connectivity index (χ2n) is 5.87. The monoisotopic (exact) mass is 408 g/mol. The number of nitrogens with zero attached hydrogens (tertiary/aromatic N) is 1. The molecule has 0 saturated heterocycles. The largest absolute Gasteiger partial charge is 0.493 e. The van der Waals surface area contributed by atoms with Crippen molar-refractivity contribution in [1.29, 1.82) is 0 Å². The van der Waals surface area contributed by atoms with Crippen molar-refractivity contribution in [2.45, 2.75) is 0 Å². The second kappa shape index (κ2) is 9.52. The van der Waals surface area contributed by atoms with E-state index >= 15 is 0 Å². The second-order valence-corrected chi connectivity index (χ2v) is 6.31. The molecule has 0 aliphatic rings. The lowest BCUT2D eigenvalue weighted by Gasteiger charge is -2.10. The zero-order valence-corrected chi connectivity index (χ0v) is 16.2. The minimum atomic E-state index is -0.506. The molecule has 0 saturated carbocycles. The van der Waals surface area contributed by atoms with E-state index in [9.17, 15) is 9.59 Å². The number of hydrogen-bond acceptors (Lipinski definition) is 5. The summed E-state index contributed by atoms with van der Waals surface area (Å²) in [5.74, 6) is -0.234. The summed E-state index contributed by atoms with van der Waals surface area (Å²) in [6, 6.07) is 20.0. The maximum absolute atomic E-state index is 12.3. The van der Waals surface area contributed by atoms with Crippen molar-refractivity contribution in [3.05, 3.63) is 94.5 Å². The number of ether oxygens (including phenoxy) is 2. The average Bonchev–Trinajstić information content (AvgIpc) is 2.75. The van der Waals surface area contributed by atoms with Gasteiger partial charge in [-0.15, -0.1) is 0 Å². The summed E-state index contributed by atoms with van der Waals surface area (Å²) < 4.78 is 10.7. The average molecular weight is 409 g/mol. The summed E-state index contributed by atoms with van der Waals surface area (Å²) in [7, 11) is 1.48. The molecule has 146 valence electrons. The third-order valence-corrected chi connectivity index (χ3v) is 4.14. The van der Waals surface area contributed by atoms with Gasteiger partial charge in [0.05, 0.1) is 18.9 Å². The number of halogens is 1. The van der Waals surface area contributed by atoms with E-state index in [4.69, 9.17) is 21.1 Å². The number of carbonyl (C=O) groups is 2. The predicted octanol–water partition coefficient (Wildman–Crippen LogP) is 4.33. The minimum absolute atomic E-state index is 0.245. The molecule has 0 spiro atoms. The number of benzene rings is 3. The lowest BCUT2D eigenvalue weighted by molar-refractivity contribution is 0.0729. The van der Waals surface area contributed by atoms with Gasteiger partial charge >= 0.3 is 5.97 Å². The first-order chi connectivity index (χ1) is 14.1. The maximum Gasteiger partial charge on any atom is 0.343 e. The molecule has 29 heavy (non-hydrogen) atoms. The smallest absolute Gasteiger partial charge is 0.343 e. The van der Waals surface area contributed by atoms with Gasteiger partial charge in [-0.2, -0.15) is 5.10 Å². The van der Waals surface area contributed by atoms with Gasteiger partial charge in [-0.25, -0.2) is 10.2 Å². The number of hydrazone groups is 1. The Morgan fingerprint density at radius 3 is 2.34 bits per heavy atom. The molecule has 1 amide bonds. The molecule has 1 N–H and O–H groups in total. The molecule has 7 heteroatoms. The number of carbonyl (C=O) groups excluding carboxylic acids is 2. The van der Waals surface area contributed by atoms with E-state index < -0.39 is 5.97 Å². The number of methoxy groups -OCH3 is 1. The Bertz CT molecular complexity index is 1030. The maximum atomic E-state index is 12.3. The molecule has 0 aliphatic carbocycles. The van der Waals surface area contributed by atoms with Crippen molar-refractivity contribution in [3.8, 4) is 11.5 Å². The van der Waals surface area contributed by atoms with Crippen LogP contribution in [-0.2, 0) is 0 Å². The van der Waals surface area contributed by atoms with Crippen molar-refractivity contribution in [2.24, 2.45) is 5.10 Å². The molecule has 3 aromatic rings. The normalized spacial score (nSPS) is 10.6. The van der Waals surface area contributed by atoms with Gasteiger partial charge in [-0.3, -0.25) is 4.79 Å². The molecule has 3 rings (SSSR count). The van der Waals surface area contributed by atoms with Crippen LogP contribution in [0.5, 0.6) is 11.5 Å². The lowest BCUT2D eigenvalue weighted by atomic mass is 10.2. The molecular formula is C22H17ClN2O4. The quantitative estimate of drug-likeness (QED) is 0.285. The van der Waals surface area contributed by atoms with Gasteiger partial charge in [0.25, 0.3) is 5.91 Å². The molecule has 0 unspecified atom stereocenters. The summed E-state index contributed by atoms with van der Waals surface area (Å²) in [5, 5.41) is 4.48. The van der Waals surface area contributed by atoms with Crippen LogP contribution in [0, 0.1) is 0 Å². The number of hydrogen-bond donors (Lipinski definition) is 1. The fourth-order valence-corrected chi connectivity index (χ4v) is 2.54. The summed E-state index contributed by atoms with van der Waals surface area (Å²) in [5.41, 5.74) is 3.89. The number of nitrogens with one attached hydrogen (secondary N) is 1. The van der Waals surface area contributed by atoms with E-state index in [1.165, 1.54) is 13.3 Å². The topological polar surface area (TPSA) is 77.0 Å². The van der Waals surface area contributed by atoms with E-state index in [0.29, 0.717) is 27.5 Å². The molecule has 0 radical (unpaired) electrons. The highest BCUT2D eigenvalue weighted by Crippen LogP contribution is 2.28. The Labute approximate surface area is 172 Å². The first-order valence-corrected chi connectivity index (χ1v) is 8.99. The van der Waals surface area contributed by atoms with Gasteiger partial charge in [0, 0.05) is 10.6 Å². The summed E-state index contributed by atoms with van der Waals surface area (Å²) >= 11 is 5.81. The molecule has 0 fully saturated rings.